The number of benzene rings is 2. The van der Waals surface area contributed by atoms with E-state index in [-0.39, 0.29) is 17.9 Å². The molecule has 2 fully saturated rings. The Hall–Kier alpha value is -2.90. The van der Waals surface area contributed by atoms with Crippen LogP contribution >= 0.6 is 11.3 Å². The maximum atomic E-state index is 14.0. The van der Waals surface area contributed by atoms with Crippen LogP contribution in [0.2, 0.25) is 0 Å². The monoisotopic (exact) mass is 561 g/mol. The maximum Gasteiger partial charge on any atom is 0.230 e. The molecule has 3 aromatic rings. The first-order valence-electron chi connectivity index (χ1n) is 14.7. The highest BCUT2D eigenvalue weighted by atomic mass is 32.1. The summed E-state index contributed by atoms with van der Waals surface area (Å²) in [6.07, 6.45) is 9.13. The second-order valence-electron chi connectivity index (χ2n) is 11.9. The van der Waals surface area contributed by atoms with E-state index >= 15 is 0 Å². The topological polar surface area (TPSA) is 65.9 Å². The zero-order chi connectivity index (χ0) is 28.2. The molecule has 0 atom stereocenters. The third kappa shape index (κ3) is 6.52. The molecule has 7 heteroatoms. The van der Waals surface area contributed by atoms with Gasteiger partial charge in [0.05, 0.1) is 18.1 Å². The molecule has 1 amide bonds. The molecule has 1 heterocycles. The first-order valence-corrected chi connectivity index (χ1v) is 15.5. The Bertz CT molecular complexity index is 1290. The molecular formula is C33H43N3O3S. The van der Waals surface area contributed by atoms with Gasteiger partial charge >= 0.3 is 0 Å². The highest BCUT2D eigenvalue weighted by Crippen LogP contribution is 2.39. The van der Waals surface area contributed by atoms with Crippen molar-refractivity contribution < 1.29 is 14.6 Å². The van der Waals surface area contributed by atoms with Crippen LogP contribution in [-0.2, 0) is 4.79 Å². The van der Waals surface area contributed by atoms with Crippen LogP contribution in [0.3, 0.4) is 0 Å². The van der Waals surface area contributed by atoms with Crippen molar-refractivity contribution in [2.45, 2.75) is 70.3 Å². The van der Waals surface area contributed by atoms with E-state index in [1.165, 1.54) is 11.1 Å². The van der Waals surface area contributed by atoms with Gasteiger partial charge < -0.3 is 19.6 Å². The van der Waals surface area contributed by atoms with Gasteiger partial charge in [0.15, 0.2) is 5.13 Å². The molecule has 0 radical (unpaired) electrons. The summed E-state index contributed by atoms with van der Waals surface area (Å²) in [6, 6.07) is 15.0. The number of hydrogen-bond donors (Lipinski definition) is 1. The Kier molecular flexibility index (Phi) is 9.11. The zero-order valence-corrected chi connectivity index (χ0v) is 25.1. The number of ether oxygens (including phenoxy) is 1. The molecule has 2 aromatic carbocycles. The number of anilines is 2. The summed E-state index contributed by atoms with van der Waals surface area (Å²) in [4.78, 5) is 23.8. The van der Waals surface area contributed by atoms with E-state index in [1.54, 1.807) is 18.4 Å². The van der Waals surface area contributed by atoms with Crippen LogP contribution < -0.4 is 14.5 Å². The normalized spacial score (nSPS) is 23.0. The molecule has 0 saturated heterocycles. The lowest BCUT2D eigenvalue weighted by Crippen LogP contribution is -2.41. The molecule has 1 N–H and O–H groups in total. The lowest BCUT2D eigenvalue weighted by Gasteiger charge is -2.36. The standard InChI is InChI=1S/C33H43N3O3S/c1-22-18-26(14-17-30(22)39-4)24-10-8-23(9-11-24)21-36(32(38)25-12-15-29(37)16-13-25)28-7-5-6-27(19-28)31-20-34-33(40-31)35(2)3/h5-7,14,17-20,23-25,29,37H,8-13,15-16,21H2,1-4H3. The SMILES string of the molecule is COc1ccc(C2CCC(CN(C(=O)C3CCC(O)CC3)c3cccc(-c4cnc(N(C)C)s4)c3)CC2)cc1C. The number of aliphatic hydroxyl groups is 1. The van der Waals surface area contributed by atoms with E-state index in [0.717, 1.165) is 72.1 Å². The number of aromatic nitrogens is 1. The fraction of sp³-hybridized carbons (Fsp3) is 0.515. The van der Waals surface area contributed by atoms with Gasteiger partial charge in [0.1, 0.15) is 5.75 Å². The summed E-state index contributed by atoms with van der Waals surface area (Å²) in [7, 11) is 5.74. The first kappa shape index (κ1) is 28.6. The predicted octanol–water partition coefficient (Wildman–Crippen LogP) is 7.05. The largest absolute Gasteiger partial charge is 0.496 e. The third-order valence-electron chi connectivity index (χ3n) is 8.81. The van der Waals surface area contributed by atoms with Crippen LogP contribution in [0.5, 0.6) is 5.75 Å². The highest BCUT2D eigenvalue weighted by molar-refractivity contribution is 7.18. The van der Waals surface area contributed by atoms with Gasteiger partial charge in [-0.1, -0.05) is 35.6 Å². The van der Waals surface area contributed by atoms with E-state index in [0.29, 0.717) is 24.7 Å². The van der Waals surface area contributed by atoms with Crippen LogP contribution in [0.1, 0.15) is 68.4 Å². The van der Waals surface area contributed by atoms with Crippen LogP contribution in [0.25, 0.3) is 10.4 Å². The van der Waals surface area contributed by atoms with Gasteiger partial charge in [-0.3, -0.25) is 4.79 Å². The molecule has 1 aromatic heterocycles. The van der Waals surface area contributed by atoms with Crippen LogP contribution in [0.4, 0.5) is 10.8 Å². The number of thiazole rings is 1. The van der Waals surface area contributed by atoms with Gasteiger partial charge in [0.25, 0.3) is 0 Å². The summed E-state index contributed by atoms with van der Waals surface area (Å²) >= 11 is 1.66. The van der Waals surface area contributed by atoms with Crippen molar-refractivity contribution in [2.75, 3.05) is 37.5 Å². The minimum atomic E-state index is -0.269. The number of hydrogen-bond acceptors (Lipinski definition) is 6. The van der Waals surface area contributed by atoms with Crippen molar-refractivity contribution in [3.05, 3.63) is 59.8 Å². The maximum absolute atomic E-state index is 14.0. The molecule has 2 aliphatic rings. The molecular weight excluding hydrogens is 518 g/mol. The van der Waals surface area contributed by atoms with Gasteiger partial charge in [-0.15, -0.1) is 0 Å². The van der Waals surface area contributed by atoms with E-state index in [2.05, 4.69) is 59.3 Å². The second kappa shape index (κ2) is 12.7. The zero-order valence-electron chi connectivity index (χ0n) is 24.3. The van der Waals surface area contributed by atoms with Gasteiger partial charge in [-0.2, -0.15) is 0 Å². The van der Waals surface area contributed by atoms with Crippen molar-refractivity contribution >= 4 is 28.1 Å². The highest BCUT2D eigenvalue weighted by Gasteiger charge is 2.32. The lowest BCUT2D eigenvalue weighted by atomic mass is 9.78. The Labute approximate surface area is 243 Å². The molecule has 6 nitrogen and oxygen atoms in total. The average molecular weight is 562 g/mol. The summed E-state index contributed by atoms with van der Waals surface area (Å²) in [5.74, 6) is 2.18. The van der Waals surface area contributed by atoms with Crippen LogP contribution in [0.15, 0.2) is 48.7 Å². The summed E-state index contributed by atoms with van der Waals surface area (Å²) in [6.45, 7) is 2.87. The molecule has 5 rings (SSSR count). The van der Waals surface area contributed by atoms with E-state index in [1.807, 2.05) is 25.2 Å². The average Bonchev–Trinajstić information content (AvgIpc) is 3.47. The third-order valence-corrected chi connectivity index (χ3v) is 10.0. The summed E-state index contributed by atoms with van der Waals surface area (Å²) < 4.78 is 5.46. The molecule has 2 aliphatic carbocycles. The Balaban J connectivity index is 1.33. The number of rotatable bonds is 8. The molecule has 0 bridgehead atoms. The summed E-state index contributed by atoms with van der Waals surface area (Å²) in [5, 5.41) is 11.0. The Morgan fingerprint density at radius 1 is 1.02 bits per heavy atom. The first-order chi connectivity index (χ1) is 19.3. The molecule has 214 valence electrons. The lowest BCUT2D eigenvalue weighted by molar-refractivity contribution is -0.124. The van der Waals surface area contributed by atoms with Crippen molar-refractivity contribution in [1.29, 1.82) is 0 Å². The number of amides is 1. The van der Waals surface area contributed by atoms with E-state index in [4.69, 9.17) is 4.74 Å². The van der Waals surface area contributed by atoms with Crippen molar-refractivity contribution in [2.24, 2.45) is 11.8 Å². The van der Waals surface area contributed by atoms with Crippen molar-refractivity contribution in [3.8, 4) is 16.2 Å². The van der Waals surface area contributed by atoms with Crippen molar-refractivity contribution in [1.82, 2.24) is 4.98 Å². The minimum absolute atomic E-state index is 0.0191. The fourth-order valence-electron chi connectivity index (χ4n) is 6.39. The number of nitrogens with zero attached hydrogens (tertiary/aromatic N) is 3. The van der Waals surface area contributed by atoms with Crippen molar-refractivity contribution in [3.63, 3.8) is 0 Å². The molecule has 2 saturated carbocycles. The van der Waals surface area contributed by atoms with Gasteiger partial charge in [-0.25, -0.2) is 4.98 Å². The molecule has 0 spiro atoms. The number of carbonyl (C=O) groups excluding carboxylic acids is 1. The quantitative estimate of drug-likeness (QED) is 0.319. The molecule has 40 heavy (non-hydrogen) atoms. The van der Waals surface area contributed by atoms with Gasteiger partial charge in [-0.05, 0) is 105 Å². The van der Waals surface area contributed by atoms with Crippen LogP contribution in [-0.4, -0.2) is 49.9 Å². The number of aryl methyl sites for hydroxylation is 1. The fourth-order valence-corrected chi connectivity index (χ4v) is 7.22. The number of carbonyl (C=O) groups is 1. The Morgan fingerprint density at radius 3 is 2.42 bits per heavy atom. The number of methoxy groups -OCH3 is 1. The van der Waals surface area contributed by atoms with E-state index in [9.17, 15) is 9.90 Å². The van der Waals surface area contributed by atoms with Gasteiger partial charge in [0, 0.05) is 38.4 Å². The number of aliphatic hydroxyl groups excluding tert-OH is 1. The smallest absolute Gasteiger partial charge is 0.230 e. The van der Waals surface area contributed by atoms with Gasteiger partial charge in [0.2, 0.25) is 5.91 Å². The minimum Gasteiger partial charge on any atom is -0.496 e. The predicted molar refractivity (Wildman–Crippen MR) is 165 cm³/mol. The Morgan fingerprint density at radius 2 is 1.77 bits per heavy atom. The van der Waals surface area contributed by atoms with Crippen LogP contribution in [0, 0.1) is 18.8 Å². The summed E-state index contributed by atoms with van der Waals surface area (Å²) in [5.41, 5.74) is 4.66. The molecule has 0 aliphatic heterocycles. The molecule has 0 unspecified atom stereocenters. The van der Waals surface area contributed by atoms with E-state index < -0.39 is 0 Å². The second-order valence-corrected chi connectivity index (χ2v) is 12.9.